The number of hydrogen-bond acceptors (Lipinski definition) is 4. The molecule has 4 nitrogen and oxygen atoms in total. The van der Waals surface area contributed by atoms with Gasteiger partial charge in [-0.25, -0.2) is 0 Å². The van der Waals surface area contributed by atoms with Gasteiger partial charge in [0.25, 0.3) is 0 Å². The molecule has 0 spiro atoms. The molecule has 0 rings (SSSR count). The van der Waals surface area contributed by atoms with Crippen molar-refractivity contribution in [1.82, 2.24) is 0 Å². The molecule has 0 unspecified atom stereocenters. The molecule has 0 aliphatic carbocycles. The first-order valence-electron chi connectivity index (χ1n) is 8.73. The molecule has 0 saturated heterocycles. The van der Waals surface area contributed by atoms with Gasteiger partial charge in [-0.2, -0.15) is 0 Å². The predicted molar refractivity (Wildman–Crippen MR) is 93.6 cm³/mol. The minimum atomic E-state index is -0.268. The first-order chi connectivity index (χ1) is 11.2. The second kappa shape index (κ2) is 17.3. The summed E-state index contributed by atoms with van der Waals surface area (Å²) in [6.45, 7) is 2.80. The highest BCUT2D eigenvalue weighted by Gasteiger charge is 2.06. The SMILES string of the molecule is CC/C=C/COC(=O)CCCC(=O)OCCCCCCCCCl. The van der Waals surface area contributed by atoms with Gasteiger partial charge in [0, 0.05) is 18.7 Å². The van der Waals surface area contributed by atoms with Crippen LogP contribution >= 0.6 is 11.6 Å². The minimum absolute atomic E-state index is 0.231. The maximum atomic E-state index is 11.5. The van der Waals surface area contributed by atoms with Crippen LogP contribution in [0.3, 0.4) is 0 Å². The zero-order valence-corrected chi connectivity index (χ0v) is 15.1. The summed E-state index contributed by atoms with van der Waals surface area (Å²) in [4.78, 5) is 22.9. The van der Waals surface area contributed by atoms with Gasteiger partial charge in [0.2, 0.25) is 0 Å². The van der Waals surface area contributed by atoms with E-state index in [1.54, 1.807) is 0 Å². The van der Waals surface area contributed by atoms with E-state index in [1.165, 1.54) is 12.8 Å². The molecule has 0 aromatic carbocycles. The second-order valence-electron chi connectivity index (χ2n) is 5.45. The summed E-state index contributed by atoms with van der Waals surface area (Å²) >= 11 is 5.61. The van der Waals surface area contributed by atoms with E-state index in [4.69, 9.17) is 21.1 Å². The van der Waals surface area contributed by atoms with Crippen LogP contribution in [-0.2, 0) is 19.1 Å². The molecule has 0 amide bonds. The van der Waals surface area contributed by atoms with Gasteiger partial charge in [-0.05, 0) is 25.7 Å². The fourth-order valence-electron chi connectivity index (χ4n) is 1.99. The van der Waals surface area contributed by atoms with Gasteiger partial charge in [-0.3, -0.25) is 9.59 Å². The summed E-state index contributed by atoms with van der Waals surface area (Å²) in [7, 11) is 0. The highest BCUT2D eigenvalue weighted by molar-refractivity contribution is 6.17. The zero-order chi connectivity index (χ0) is 17.2. The molecule has 23 heavy (non-hydrogen) atoms. The molecule has 5 heteroatoms. The topological polar surface area (TPSA) is 52.6 Å². The molecular weight excluding hydrogens is 316 g/mol. The first-order valence-corrected chi connectivity index (χ1v) is 9.26. The summed E-state index contributed by atoms with van der Waals surface area (Å²) < 4.78 is 10.1. The van der Waals surface area contributed by atoms with Crippen LogP contribution in [0.4, 0.5) is 0 Å². The number of allylic oxidation sites excluding steroid dienone is 1. The molecular formula is C18H31ClO4. The molecule has 0 aromatic rings. The Balaban J connectivity index is 3.36. The number of halogens is 1. The number of carbonyl (C=O) groups excluding carboxylic acids is 2. The van der Waals surface area contributed by atoms with E-state index in [9.17, 15) is 9.59 Å². The Labute approximate surface area is 145 Å². The van der Waals surface area contributed by atoms with Crippen molar-refractivity contribution in [3.63, 3.8) is 0 Å². The lowest BCUT2D eigenvalue weighted by Crippen LogP contribution is -2.08. The number of unbranched alkanes of at least 4 members (excludes halogenated alkanes) is 5. The number of carbonyl (C=O) groups is 2. The Kier molecular flexibility index (Phi) is 16.5. The molecule has 0 atom stereocenters. The predicted octanol–water partition coefficient (Wildman–Crippen LogP) is 4.79. The Morgan fingerprint density at radius 1 is 0.826 bits per heavy atom. The number of alkyl halides is 1. The van der Waals surface area contributed by atoms with Crippen LogP contribution in [-0.4, -0.2) is 31.0 Å². The number of ether oxygens (including phenoxy) is 2. The summed E-state index contributed by atoms with van der Waals surface area (Å²) in [5.74, 6) is 0.238. The molecule has 0 N–H and O–H groups in total. The van der Waals surface area contributed by atoms with E-state index in [0.717, 1.165) is 38.0 Å². The Morgan fingerprint density at radius 3 is 2.09 bits per heavy atom. The van der Waals surface area contributed by atoms with Crippen LogP contribution in [0.5, 0.6) is 0 Å². The molecule has 0 heterocycles. The van der Waals surface area contributed by atoms with Gasteiger partial charge in [-0.1, -0.05) is 44.8 Å². The lowest BCUT2D eigenvalue weighted by molar-refractivity contribution is -0.145. The third-order valence-corrected chi connectivity index (χ3v) is 3.56. The van der Waals surface area contributed by atoms with Crippen LogP contribution < -0.4 is 0 Å². The second-order valence-corrected chi connectivity index (χ2v) is 5.82. The average Bonchev–Trinajstić information content (AvgIpc) is 2.54. The van der Waals surface area contributed by atoms with E-state index in [2.05, 4.69) is 0 Å². The van der Waals surface area contributed by atoms with E-state index in [1.807, 2.05) is 19.1 Å². The molecule has 0 aliphatic rings. The summed E-state index contributed by atoms with van der Waals surface area (Å²) in [5.41, 5.74) is 0. The van der Waals surface area contributed by atoms with Gasteiger partial charge >= 0.3 is 11.9 Å². The standard InChI is InChI=1S/C18H31ClO4/c1-2-3-9-15-22-17(20)12-11-13-18(21)23-16-10-7-5-4-6-8-14-19/h3,9H,2,4-8,10-16H2,1H3/b9-3+. The maximum absolute atomic E-state index is 11.5. The van der Waals surface area contributed by atoms with E-state index >= 15 is 0 Å². The normalized spacial score (nSPS) is 10.9. The van der Waals surface area contributed by atoms with Crippen molar-refractivity contribution in [1.29, 1.82) is 0 Å². The van der Waals surface area contributed by atoms with Crippen molar-refractivity contribution in [2.75, 3.05) is 19.1 Å². The lowest BCUT2D eigenvalue weighted by atomic mass is 10.1. The average molecular weight is 347 g/mol. The van der Waals surface area contributed by atoms with Crippen molar-refractivity contribution >= 4 is 23.5 Å². The molecule has 0 saturated carbocycles. The monoisotopic (exact) mass is 346 g/mol. The Hall–Kier alpha value is -1.03. The fourth-order valence-corrected chi connectivity index (χ4v) is 2.18. The maximum Gasteiger partial charge on any atom is 0.306 e. The smallest absolute Gasteiger partial charge is 0.306 e. The van der Waals surface area contributed by atoms with E-state index in [0.29, 0.717) is 19.6 Å². The van der Waals surface area contributed by atoms with E-state index in [-0.39, 0.29) is 24.8 Å². The zero-order valence-electron chi connectivity index (χ0n) is 14.4. The Bertz CT molecular complexity index is 329. The van der Waals surface area contributed by atoms with E-state index < -0.39 is 0 Å². The summed E-state index contributed by atoms with van der Waals surface area (Å²) in [6.07, 6.45) is 12.3. The largest absolute Gasteiger partial charge is 0.466 e. The number of hydrogen-bond donors (Lipinski definition) is 0. The van der Waals surface area contributed by atoms with Gasteiger partial charge in [0.1, 0.15) is 6.61 Å². The fraction of sp³-hybridized carbons (Fsp3) is 0.778. The summed E-state index contributed by atoms with van der Waals surface area (Å²) in [5, 5.41) is 0. The van der Waals surface area contributed by atoms with Gasteiger partial charge in [-0.15, -0.1) is 11.6 Å². The quantitative estimate of drug-likeness (QED) is 0.185. The molecule has 0 fully saturated rings. The molecule has 0 bridgehead atoms. The number of rotatable bonds is 15. The van der Waals surface area contributed by atoms with Gasteiger partial charge < -0.3 is 9.47 Å². The highest BCUT2D eigenvalue weighted by atomic mass is 35.5. The van der Waals surface area contributed by atoms with Crippen LogP contribution in [0.2, 0.25) is 0 Å². The number of esters is 2. The van der Waals surface area contributed by atoms with Crippen molar-refractivity contribution in [2.24, 2.45) is 0 Å². The highest BCUT2D eigenvalue weighted by Crippen LogP contribution is 2.07. The molecule has 0 radical (unpaired) electrons. The van der Waals surface area contributed by atoms with Crippen LogP contribution in [0.15, 0.2) is 12.2 Å². The Morgan fingerprint density at radius 2 is 1.43 bits per heavy atom. The minimum Gasteiger partial charge on any atom is -0.466 e. The third kappa shape index (κ3) is 17.2. The lowest BCUT2D eigenvalue weighted by Gasteiger charge is -2.05. The first kappa shape index (κ1) is 22.0. The van der Waals surface area contributed by atoms with Crippen molar-refractivity contribution in [3.8, 4) is 0 Å². The van der Waals surface area contributed by atoms with Gasteiger partial charge in [0.05, 0.1) is 6.61 Å². The molecule has 0 aliphatic heterocycles. The van der Waals surface area contributed by atoms with Crippen molar-refractivity contribution < 1.29 is 19.1 Å². The van der Waals surface area contributed by atoms with Crippen LogP contribution in [0.25, 0.3) is 0 Å². The molecule has 134 valence electrons. The van der Waals surface area contributed by atoms with Crippen molar-refractivity contribution in [3.05, 3.63) is 12.2 Å². The van der Waals surface area contributed by atoms with Gasteiger partial charge in [0.15, 0.2) is 0 Å². The van der Waals surface area contributed by atoms with Crippen molar-refractivity contribution in [2.45, 2.75) is 71.1 Å². The van der Waals surface area contributed by atoms with Crippen LogP contribution in [0.1, 0.15) is 71.1 Å². The summed E-state index contributed by atoms with van der Waals surface area (Å²) in [6, 6.07) is 0. The molecule has 0 aromatic heterocycles. The van der Waals surface area contributed by atoms with Crippen LogP contribution in [0, 0.1) is 0 Å². The third-order valence-electron chi connectivity index (χ3n) is 3.30.